The van der Waals surface area contributed by atoms with E-state index in [1.165, 1.54) is 0 Å². The monoisotopic (exact) mass is 322 g/mol. The lowest BCUT2D eigenvalue weighted by molar-refractivity contribution is 0.0240. The summed E-state index contributed by atoms with van der Waals surface area (Å²) in [6, 6.07) is 0. The number of aromatic nitrogens is 2. The fraction of sp³-hybridized carbons (Fsp3) is 0.750. The molecular formula is C16H26N4O3. The average Bonchev–Trinajstić information content (AvgIpc) is 3.00. The SMILES string of the molecule is CC1CC(O)c2[nH]nc(N3CCN(C(=O)OC(C)(C)C)CC3)c21. The fourth-order valence-electron chi connectivity index (χ4n) is 3.33. The summed E-state index contributed by atoms with van der Waals surface area (Å²) in [7, 11) is 0. The van der Waals surface area contributed by atoms with Crippen LogP contribution in [0, 0.1) is 0 Å². The number of nitrogens with one attached hydrogen (secondary N) is 1. The number of carbonyl (C=O) groups excluding carboxylic acids is 1. The van der Waals surface area contributed by atoms with Gasteiger partial charge in [0.2, 0.25) is 0 Å². The number of hydrogen-bond donors (Lipinski definition) is 2. The molecule has 23 heavy (non-hydrogen) atoms. The molecule has 7 heteroatoms. The Labute approximate surface area is 136 Å². The number of anilines is 1. The highest BCUT2D eigenvalue weighted by molar-refractivity contribution is 5.68. The maximum atomic E-state index is 12.1. The van der Waals surface area contributed by atoms with Gasteiger partial charge in [-0.15, -0.1) is 0 Å². The minimum atomic E-state index is -0.469. The number of H-pyrrole nitrogens is 1. The van der Waals surface area contributed by atoms with Gasteiger partial charge in [0.15, 0.2) is 5.82 Å². The number of fused-ring (bicyclic) bond motifs is 1. The Morgan fingerprint density at radius 3 is 2.57 bits per heavy atom. The van der Waals surface area contributed by atoms with Crippen LogP contribution in [0.25, 0.3) is 0 Å². The van der Waals surface area contributed by atoms with E-state index in [9.17, 15) is 9.90 Å². The summed E-state index contributed by atoms with van der Waals surface area (Å²) in [4.78, 5) is 16.0. The summed E-state index contributed by atoms with van der Waals surface area (Å²) in [6.07, 6.45) is 0.0478. The van der Waals surface area contributed by atoms with Crippen molar-refractivity contribution in [2.75, 3.05) is 31.1 Å². The lowest BCUT2D eigenvalue weighted by atomic mass is 10.1. The van der Waals surface area contributed by atoms with Crippen LogP contribution in [0.4, 0.5) is 10.6 Å². The number of piperazine rings is 1. The summed E-state index contributed by atoms with van der Waals surface area (Å²) >= 11 is 0. The van der Waals surface area contributed by atoms with E-state index < -0.39 is 11.7 Å². The van der Waals surface area contributed by atoms with Crippen LogP contribution in [-0.2, 0) is 4.74 Å². The molecule has 0 aromatic carbocycles. The van der Waals surface area contributed by atoms with Gasteiger partial charge < -0.3 is 19.6 Å². The summed E-state index contributed by atoms with van der Waals surface area (Å²) < 4.78 is 5.42. The minimum absolute atomic E-state index is 0.256. The molecule has 0 spiro atoms. The number of carbonyl (C=O) groups is 1. The van der Waals surface area contributed by atoms with E-state index in [1.807, 2.05) is 20.8 Å². The Morgan fingerprint density at radius 2 is 1.96 bits per heavy atom. The van der Waals surface area contributed by atoms with Gasteiger partial charge in [0, 0.05) is 31.7 Å². The van der Waals surface area contributed by atoms with E-state index in [2.05, 4.69) is 22.0 Å². The first-order valence-electron chi connectivity index (χ1n) is 8.25. The molecule has 2 atom stereocenters. The van der Waals surface area contributed by atoms with Crippen molar-refractivity contribution in [2.24, 2.45) is 0 Å². The normalized spacial score (nSPS) is 24.7. The molecule has 1 amide bonds. The van der Waals surface area contributed by atoms with Crippen LogP contribution in [0.2, 0.25) is 0 Å². The Morgan fingerprint density at radius 1 is 1.30 bits per heavy atom. The molecule has 2 unspecified atom stereocenters. The van der Waals surface area contributed by atoms with E-state index in [0.29, 0.717) is 19.0 Å². The van der Waals surface area contributed by atoms with Gasteiger partial charge >= 0.3 is 6.09 Å². The molecular weight excluding hydrogens is 296 g/mol. The van der Waals surface area contributed by atoms with E-state index in [1.54, 1.807) is 4.90 Å². The van der Waals surface area contributed by atoms with E-state index >= 15 is 0 Å². The first-order chi connectivity index (χ1) is 10.8. The highest BCUT2D eigenvalue weighted by atomic mass is 16.6. The van der Waals surface area contributed by atoms with Gasteiger partial charge in [0.1, 0.15) is 5.60 Å². The van der Waals surface area contributed by atoms with Crippen LogP contribution >= 0.6 is 0 Å². The smallest absolute Gasteiger partial charge is 0.410 e. The molecule has 3 rings (SSSR count). The number of aliphatic hydroxyl groups excluding tert-OH is 1. The lowest BCUT2D eigenvalue weighted by Crippen LogP contribution is -2.50. The zero-order chi connectivity index (χ0) is 16.8. The van der Waals surface area contributed by atoms with Gasteiger partial charge in [-0.1, -0.05) is 6.92 Å². The number of aromatic amines is 1. The maximum absolute atomic E-state index is 12.1. The summed E-state index contributed by atoms with van der Waals surface area (Å²) in [5.74, 6) is 1.23. The van der Waals surface area contributed by atoms with Gasteiger partial charge in [0.25, 0.3) is 0 Å². The molecule has 0 saturated carbocycles. The summed E-state index contributed by atoms with van der Waals surface area (Å²) in [6.45, 7) is 10.4. The number of hydrogen-bond acceptors (Lipinski definition) is 5. The zero-order valence-electron chi connectivity index (χ0n) is 14.3. The molecule has 1 fully saturated rings. The van der Waals surface area contributed by atoms with Gasteiger partial charge in [-0.25, -0.2) is 4.79 Å². The number of nitrogens with zero attached hydrogens (tertiary/aromatic N) is 3. The van der Waals surface area contributed by atoms with Crippen LogP contribution in [-0.4, -0.2) is 58.1 Å². The molecule has 1 saturated heterocycles. The Balaban J connectivity index is 1.64. The second kappa shape index (κ2) is 5.70. The van der Waals surface area contributed by atoms with Gasteiger partial charge in [-0.2, -0.15) is 5.10 Å². The van der Waals surface area contributed by atoms with E-state index in [0.717, 1.165) is 36.6 Å². The molecule has 1 aromatic heterocycles. The largest absolute Gasteiger partial charge is 0.444 e. The molecule has 2 N–H and O–H groups in total. The van der Waals surface area contributed by atoms with Gasteiger partial charge in [-0.3, -0.25) is 5.10 Å². The number of ether oxygens (including phenoxy) is 1. The van der Waals surface area contributed by atoms with Crippen LogP contribution in [0.5, 0.6) is 0 Å². The van der Waals surface area contributed by atoms with Crippen molar-refractivity contribution in [1.82, 2.24) is 15.1 Å². The van der Waals surface area contributed by atoms with Crippen molar-refractivity contribution in [3.05, 3.63) is 11.3 Å². The number of amides is 1. The first-order valence-corrected chi connectivity index (χ1v) is 8.25. The molecule has 0 bridgehead atoms. The second-order valence-electron chi connectivity index (χ2n) is 7.48. The molecule has 2 aliphatic rings. The molecule has 1 aromatic rings. The third kappa shape index (κ3) is 3.15. The van der Waals surface area contributed by atoms with Crippen LogP contribution in [0.1, 0.15) is 57.4 Å². The van der Waals surface area contributed by atoms with Crippen LogP contribution in [0.3, 0.4) is 0 Å². The predicted molar refractivity (Wildman–Crippen MR) is 86.6 cm³/mol. The zero-order valence-corrected chi connectivity index (χ0v) is 14.3. The molecule has 7 nitrogen and oxygen atoms in total. The Hall–Kier alpha value is -1.76. The van der Waals surface area contributed by atoms with Crippen molar-refractivity contribution in [1.29, 1.82) is 0 Å². The van der Waals surface area contributed by atoms with Crippen molar-refractivity contribution in [3.8, 4) is 0 Å². The average molecular weight is 322 g/mol. The first kappa shape index (κ1) is 16.1. The molecule has 2 heterocycles. The lowest BCUT2D eigenvalue weighted by Gasteiger charge is -2.36. The van der Waals surface area contributed by atoms with E-state index in [-0.39, 0.29) is 6.09 Å². The minimum Gasteiger partial charge on any atom is -0.444 e. The number of aliphatic hydroxyl groups is 1. The maximum Gasteiger partial charge on any atom is 0.410 e. The quantitative estimate of drug-likeness (QED) is 0.826. The summed E-state index contributed by atoms with van der Waals surface area (Å²) in [5.41, 5.74) is 1.51. The topological polar surface area (TPSA) is 81.7 Å². The van der Waals surface area contributed by atoms with Gasteiger partial charge in [-0.05, 0) is 33.1 Å². The third-order valence-electron chi connectivity index (χ3n) is 4.45. The van der Waals surface area contributed by atoms with Gasteiger partial charge in [0.05, 0.1) is 11.8 Å². The molecule has 1 aliphatic carbocycles. The van der Waals surface area contributed by atoms with Crippen molar-refractivity contribution in [2.45, 2.75) is 51.7 Å². The van der Waals surface area contributed by atoms with Crippen molar-refractivity contribution < 1.29 is 14.6 Å². The highest BCUT2D eigenvalue weighted by Crippen LogP contribution is 2.43. The fourth-order valence-corrected chi connectivity index (χ4v) is 3.33. The summed E-state index contributed by atoms with van der Waals surface area (Å²) in [5, 5.41) is 17.4. The standard InChI is InChI=1S/C16H26N4O3/c1-10-9-11(21)13-12(10)14(18-17-13)19-5-7-20(8-6-19)15(22)23-16(2,3)4/h10-11,21H,5-9H2,1-4H3,(H,17,18). The highest BCUT2D eigenvalue weighted by Gasteiger charge is 2.35. The van der Waals surface area contributed by atoms with Crippen LogP contribution < -0.4 is 4.90 Å². The van der Waals surface area contributed by atoms with Crippen molar-refractivity contribution in [3.63, 3.8) is 0 Å². The van der Waals surface area contributed by atoms with E-state index in [4.69, 9.17) is 4.74 Å². The predicted octanol–water partition coefficient (Wildman–Crippen LogP) is 2.01. The van der Waals surface area contributed by atoms with Crippen molar-refractivity contribution >= 4 is 11.9 Å². The Bertz CT molecular complexity index is 585. The molecule has 1 aliphatic heterocycles. The third-order valence-corrected chi connectivity index (χ3v) is 4.45. The second-order valence-corrected chi connectivity index (χ2v) is 7.48. The number of rotatable bonds is 1. The molecule has 128 valence electrons. The Kier molecular flexibility index (Phi) is 4.00. The van der Waals surface area contributed by atoms with Crippen LogP contribution in [0.15, 0.2) is 0 Å². The molecule has 0 radical (unpaired) electrons.